The van der Waals surface area contributed by atoms with Crippen LogP contribution in [0.4, 0.5) is 32.3 Å². The van der Waals surface area contributed by atoms with E-state index in [0.29, 0.717) is 6.20 Å². The van der Waals surface area contributed by atoms with Crippen LogP contribution in [0.5, 0.6) is 5.88 Å². The summed E-state index contributed by atoms with van der Waals surface area (Å²) < 4.78 is 114. The number of ether oxygens (including phenoxy) is 1. The Morgan fingerprint density at radius 3 is 2.50 bits per heavy atom. The van der Waals surface area contributed by atoms with E-state index in [1.165, 1.54) is 24.9 Å². The van der Waals surface area contributed by atoms with Crippen molar-refractivity contribution in [2.75, 3.05) is 25.0 Å². The van der Waals surface area contributed by atoms with Gasteiger partial charge in [0.15, 0.2) is 0 Å². The van der Waals surface area contributed by atoms with E-state index in [1.807, 2.05) is 0 Å². The van der Waals surface area contributed by atoms with E-state index in [4.69, 9.17) is 4.74 Å². The molecule has 9 nitrogen and oxygen atoms in total. The summed E-state index contributed by atoms with van der Waals surface area (Å²) in [5, 5.41) is 6.41. The zero-order valence-electron chi connectivity index (χ0n) is 19.3. The molecule has 2 aromatic heterocycles. The highest BCUT2D eigenvalue weighted by molar-refractivity contribution is 7.89. The second-order valence-corrected chi connectivity index (χ2v) is 11.4. The molecule has 4 rings (SSSR count). The van der Waals surface area contributed by atoms with Gasteiger partial charge in [-0.25, -0.2) is 26.6 Å². The van der Waals surface area contributed by atoms with Crippen molar-refractivity contribution in [2.24, 2.45) is 12.5 Å². The Kier molecular flexibility index (Phi) is 6.64. The van der Waals surface area contributed by atoms with Gasteiger partial charge in [0.05, 0.1) is 18.8 Å². The van der Waals surface area contributed by atoms with Gasteiger partial charge in [0.25, 0.3) is 0 Å². The first kappa shape index (κ1) is 26.4. The average molecular weight is 543 g/mol. The van der Waals surface area contributed by atoms with Crippen LogP contribution >= 0.6 is 0 Å². The second kappa shape index (κ2) is 9.04. The number of hydrogen-bond donors (Lipinski definition) is 1. The molecule has 2 aromatic rings. The molecule has 36 heavy (non-hydrogen) atoms. The minimum Gasteiger partial charge on any atom is -0.477 e. The van der Waals surface area contributed by atoms with Crippen molar-refractivity contribution in [3.8, 4) is 5.88 Å². The van der Waals surface area contributed by atoms with Crippen LogP contribution < -0.4 is 10.1 Å². The molecule has 200 valence electrons. The lowest BCUT2D eigenvalue weighted by molar-refractivity contribution is -0.167. The molecule has 1 aliphatic carbocycles. The summed E-state index contributed by atoms with van der Waals surface area (Å²) in [4.78, 5) is 7.24. The van der Waals surface area contributed by atoms with Crippen molar-refractivity contribution in [3.63, 3.8) is 0 Å². The molecule has 1 N–H and O–H groups in total. The van der Waals surface area contributed by atoms with Crippen LogP contribution in [0.2, 0.25) is 0 Å². The molecule has 3 heterocycles. The number of sulfonamides is 1. The minimum atomic E-state index is -4.87. The topological polar surface area (TPSA) is 102 Å². The first-order chi connectivity index (χ1) is 16.6. The second-order valence-electron chi connectivity index (χ2n) is 9.49. The van der Waals surface area contributed by atoms with Crippen molar-refractivity contribution in [3.05, 3.63) is 24.2 Å². The summed E-state index contributed by atoms with van der Waals surface area (Å²) in [7, 11) is -2.43. The van der Waals surface area contributed by atoms with Crippen molar-refractivity contribution in [1.82, 2.24) is 24.1 Å². The number of alkyl halides is 6. The van der Waals surface area contributed by atoms with Crippen LogP contribution in [0.1, 0.15) is 31.7 Å². The van der Waals surface area contributed by atoms with E-state index in [1.54, 1.807) is 0 Å². The fourth-order valence-electron chi connectivity index (χ4n) is 4.39. The van der Waals surface area contributed by atoms with Crippen LogP contribution in [0, 0.1) is 5.41 Å². The molecule has 2 aliphatic rings. The zero-order chi connectivity index (χ0) is 26.5. The van der Waals surface area contributed by atoms with Crippen molar-refractivity contribution >= 4 is 16.0 Å². The molecular formula is C20H24F6N6O3S. The highest BCUT2D eigenvalue weighted by atomic mass is 32.2. The number of hydrogen-bond acceptors (Lipinski definition) is 7. The van der Waals surface area contributed by atoms with Gasteiger partial charge in [-0.05, 0) is 6.42 Å². The number of nitrogens with one attached hydrogen (secondary N) is 1. The van der Waals surface area contributed by atoms with Crippen molar-refractivity contribution < 1.29 is 39.5 Å². The number of aryl methyl sites for hydroxylation is 1. The van der Waals surface area contributed by atoms with Crippen molar-refractivity contribution in [1.29, 1.82) is 0 Å². The molecule has 1 saturated heterocycles. The molecule has 0 aromatic carbocycles. The first-order valence-electron chi connectivity index (χ1n) is 10.9. The third-order valence-corrected chi connectivity index (χ3v) is 7.94. The molecule has 16 heteroatoms. The molecule has 0 amide bonds. The van der Waals surface area contributed by atoms with Gasteiger partial charge in [-0.2, -0.15) is 27.6 Å². The van der Waals surface area contributed by atoms with E-state index in [2.05, 4.69) is 20.4 Å². The number of aromatic nitrogens is 4. The number of nitrogens with zero attached hydrogens (tertiary/aromatic N) is 5. The Balaban J connectivity index is 1.45. The first-order valence-corrected chi connectivity index (χ1v) is 12.4. The van der Waals surface area contributed by atoms with E-state index < -0.39 is 77.2 Å². The Bertz CT molecular complexity index is 1210. The summed E-state index contributed by atoms with van der Waals surface area (Å²) in [5.74, 6) is -4.11. The maximum Gasteiger partial charge on any atom is 0.423 e. The molecule has 2 fully saturated rings. The summed E-state index contributed by atoms with van der Waals surface area (Å²) in [6.45, 7) is 0.495. The minimum absolute atomic E-state index is 0.0195. The molecule has 1 saturated carbocycles. The van der Waals surface area contributed by atoms with Gasteiger partial charge in [-0.15, -0.1) is 0 Å². The number of halogens is 6. The SMILES string of the molecule is Cn1cc(S(=O)(=O)N2CC[C@H](Nc3ncc(C(F)(F)F)c(OCC4(C)CC(F)(F)C4)n3)[C@H](F)C2)cn1. The lowest BCUT2D eigenvalue weighted by Gasteiger charge is -2.44. The van der Waals surface area contributed by atoms with Crippen LogP contribution in [-0.2, 0) is 23.2 Å². The van der Waals surface area contributed by atoms with Crippen molar-refractivity contribution in [2.45, 2.75) is 55.4 Å². The molecule has 0 radical (unpaired) electrons. The van der Waals surface area contributed by atoms with Crippen LogP contribution in [0.15, 0.2) is 23.5 Å². The molecule has 0 bridgehead atoms. The third-order valence-electron chi connectivity index (χ3n) is 6.12. The lowest BCUT2D eigenvalue weighted by Crippen LogP contribution is -2.50. The Labute approximate surface area is 202 Å². The number of anilines is 1. The molecular weight excluding hydrogens is 518 g/mol. The smallest absolute Gasteiger partial charge is 0.423 e. The van der Waals surface area contributed by atoms with Gasteiger partial charge in [-0.3, -0.25) is 4.68 Å². The standard InChI is InChI=1S/C20H24F6N6O3S/c1-18(9-19(22,23)10-18)11-35-16-13(20(24,25)26)6-27-17(30-16)29-15-3-4-32(8-14(15)21)36(33,34)12-5-28-31(2)7-12/h5-7,14-15H,3-4,8-11H2,1-2H3,(H,27,29,30)/t14-,15+/m1/s1. The van der Waals surface area contributed by atoms with Gasteiger partial charge >= 0.3 is 6.18 Å². The third kappa shape index (κ3) is 5.53. The number of rotatable bonds is 7. The van der Waals surface area contributed by atoms with E-state index >= 15 is 0 Å². The summed E-state index contributed by atoms with van der Waals surface area (Å²) in [6.07, 6.45) is -4.76. The van der Waals surface area contributed by atoms with E-state index in [9.17, 15) is 34.8 Å². The normalized spacial score (nSPS) is 24.2. The molecule has 0 unspecified atom stereocenters. The highest BCUT2D eigenvalue weighted by Gasteiger charge is 2.54. The molecule has 0 spiro atoms. The fourth-order valence-corrected chi connectivity index (χ4v) is 5.84. The largest absolute Gasteiger partial charge is 0.477 e. The van der Waals surface area contributed by atoms with Gasteiger partial charge in [0.1, 0.15) is 16.6 Å². The Hall–Kier alpha value is -2.62. The predicted molar refractivity (Wildman–Crippen MR) is 114 cm³/mol. The summed E-state index contributed by atoms with van der Waals surface area (Å²) in [5.41, 5.74) is -2.31. The summed E-state index contributed by atoms with van der Waals surface area (Å²) >= 11 is 0. The highest BCUT2D eigenvalue weighted by Crippen LogP contribution is 2.52. The Morgan fingerprint density at radius 1 is 1.25 bits per heavy atom. The molecule has 1 aliphatic heterocycles. The predicted octanol–water partition coefficient (Wildman–Crippen LogP) is 3.26. The van der Waals surface area contributed by atoms with Crippen LogP contribution in [0.3, 0.4) is 0 Å². The average Bonchev–Trinajstić information content (AvgIpc) is 3.19. The van der Waals surface area contributed by atoms with Gasteiger partial charge in [0, 0.05) is 50.8 Å². The molecule has 2 atom stereocenters. The van der Waals surface area contributed by atoms with E-state index in [-0.39, 0.29) is 23.8 Å². The monoisotopic (exact) mass is 542 g/mol. The van der Waals surface area contributed by atoms with Gasteiger partial charge < -0.3 is 10.1 Å². The fraction of sp³-hybridized carbons (Fsp3) is 0.650. The Morgan fingerprint density at radius 2 is 1.94 bits per heavy atom. The maximum absolute atomic E-state index is 14.9. The van der Waals surface area contributed by atoms with Gasteiger partial charge in [-0.1, -0.05) is 6.92 Å². The van der Waals surface area contributed by atoms with Crippen LogP contribution in [-0.4, -0.2) is 70.3 Å². The van der Waals surface area contributed by atoms with Crippen LogP contribution in [0.25, 0.3) is 0 Å². The number of piperidine rings is 1. The zero-order valence-corrected chi connectivity index (χ0v) is 20.1. The van der Waals surface area contributed by atoms with Gasteiger partial charge in [0.2, 0.25) is 27.8 Å². The summed E-state index contributed by atoms with van der Waals surface area (Å²) in [6, 6.07) is -0.988. The maximum atomic E-state index is 14.9. The lowest BCUT2D eigenvalue weighted by atomic mass is 9.68. The quantitative estimate of drug-likeness (QED) is 0.536. The van der Waals surface area contributed by atoms with E-state index in [0.717, 1.165) is 10.5 Å².